The summed E-state index contributed by atoms with van der Waals surface area (Å²) in [6.45, 7) is 0.637. The topological polar surface area (TPSA) is 96.5 Å². The molecular weight excluding hydrogens is 431 g/mol. The highest BCUT2D eigenvalue weighted by Gasteiger charge is 2.38. The molecule has 10 heteroatoms. The SMILES string of the molecule is NC1CCN(C(=O)c2cccc(-c3cscn3)c2)c2ccccc21.O=C(O)C(F)(F)F. The summed E-state index contributed by atoms with van der Waals surface area (Å²) in [7, 11) is 0. The third kappa shape index (κ3) is 5.28. The fourth-order valence-corrected chi connectivity index (χ4v) is 3.69. The molecule has 1 aliphatic rings. The smallest absolute Gasteiger partial charge is 0.475 e. The van der Waals surface area contributed by atoms with Crippen LogP contribution in [0.2, 0.25) is 0 Å². The lowest BCUT2D eigenvalue weighted by molar-refractivity contribution is -0.192. The fourth-order valence-electron chi connectivity index (χ4n) is 3.12. The molecule has 1 aliphatic heterocycles. The van der Waals surface area contributed by atoms with E-state index in [2.05, 4.69) is 4.98 Å². The van der Waals surface area contributed by atoms with Gasteiger partial charge in [-0.25, -0.2) is 9.78 Å². The average Bonchev–Trinajstić information content (AvgIpc) is 3.29. The van der Waals surface area contributed by atoms with Crippen LogP contribution in [0.15, 0.2) is 59.4 Å². The Kier molecular flexibility index (Phi) is 6.71. The maximum Gasteiger partial charge on any atom is 0.490 e. The van der Waals surface area contributed by atoms with Crippen molar-refractivity contribution in [2.45, 2.75) is 18.6 Å². The normalized spacial score (nSPS) is 15.5. The van der Waals surface area contributed by atoms with Crippen molar-refractivity contribution in [3.63, 3.8) is 0 Å². The maximum atomic E-state index is 13.1. The number of carboxylic acids is 1. The van der Waals surface area contributed by atoms with Crippen LogP contribution in [0.25, 0.3) is 11.3 Å². The number of fused-ring (bicyclic) bond motifs is 1. The van der Waals surface area contributed by atoms with Gasteiger partial charge >= 0.3 is 12.1 Å². The summed E-state index contributed by atoms with van der Waals surface area (Å²) < 4.78 is 31.7. The van der Waals surface area contributed by atoms with Crippen LogP contribution < -0.4 is 10.6 Å². The Morgan fingerprint density at radius 1 is 1.16 bits per heavy atom. The minimum atomic E-state index is -5.08. The number of carboxylic acid groups (broad SMARTS) is 1. The van der Waals surface area contributed by atoms with Gasteiger partial charge in [0.25, 0.3) is 5.91 Å². The molecule has 1 aromatic heterocycles. The zero-order chi connectivity index (χ0) is 22.6. The van der Waals surface area contributed by atoms with E-state index in [1.165, 1.54) is 0 Å². The van der Waals surface area contributed by atoms with Gasteiger partial charge in [0.15, 0.2) is 0 Å². The monoisotopic (exact) mass is 449 g/mol. The lowest BCUT2D eigenvalue weighted by Gasteiger charge is -2.32. The van der Waals surface area contributed by atoms with E-state index >= 15 is 0 Å². The third-order valence-electron chi connectivity index (χ3n) is 4.62. The van der Waals surface area contributed by atoms with Crippen LogP contribution in [-0.4, -0.2) is 34.7 Å². The molecular formula is C21H18F3N3O3S. The molecule has 0 fully saturated rings. The van der Waals surface area contributed by atoms with E-state index in [-0.39, 0.29) is 11.9 Å². The summed E-state index contributed by atoms with van der Waals surface area (Å²) in [6.07, 6.45) is -4.31. The molecule has 1 atom stereocenters. The maximum absolute atomic E-state index is 13.1. The molecule has 31 heavy (non-hydrogen) atoms. The van der Waals surface area contributed by atoms with Crippen molar-refractivity contribution in [1.82, 2.24) is 4.98 Å². The zero-order valence-corrected chi connectivity index (χ0v) is 16.9. The first-order valence-corrected chi connectivity index (χ1v) is 10.1. The number of halogens is 3. The summed E-state index contributed by atoms with van der Waals surface area (Å²) in [5.41, 5.74) is 12.5. The number of alkyl halides is 3. The van der Waals surface area contributed by atoms with E-state index in [1.54, 1.807) is 16.8 Å². The molecule has 0 radical (unpaired) electrons. The number of aromatic nitrogens is 1. The number of rotatable bonds is 2. The van der Waals surface area contributed by atoms with Gasteiger partial charge in [0.2, 0.25) is 0 Å². The van der Waals surface area contributed by atoms with Crippen LogP contribution >= 0.6 is 11.3 Å². The predicted octanol–water partition coefficient (Wildman–Crippen LogP) is 4.49. The van der Waals surface area contributed by atoms with Gasteiger partial charge in [-0.1, -0.05) is 30.3 Å². The van der Waals surface area contributed by atoms with Crippen molar-refractivity contribution in [2.24, 2.45) is 5.73 Å². The Bertz CT molecular complexity index is 1070. The van der Waals surface area contributed by atoms with Gasteiger partial charge in [-0.3, -0.25) is 4.79 Å². The second-order valence-corrected chi connectivity index (χ2v) is 7.39. The van der Waals surface area contributed by atoms with E-state index in [0.717, 1.165) is 28.9 Å². The van der Waals surface area contributed by atoms with Crippen LogP contribution in [0.1, 0.15) is 28.4 Å². The summed E-state index contributed by atoms with van der Waals surface area (Å²) >= 11 is 1.55. The lowest BCUT2D eigenvalue weighted by atomic mass is 9.96. The second kappa shape index (κ2) is 9.27. The number of carbonyl (C=O) groups excluding carboxylic acids is 1. The lowest BCUT2D eigenvalue weighted by Crippen LogP contribution is -2.38. The van der Waals surface area contributed by atoms with Crippen molar-refractivity contribution in [2.75, 3.05) is 11.4 Å². The number of nitrogens with zero attached hydrogens (tertiary/aromatic N) is 2. The molecule has 0 saturated heterocycles. The molecule has 2 aromatic carbocycles. The largest absolute Gasteiger partial charge is 0.490 e. The quantitative estimate of drug-likeness (QED) is 0.601. The Balaban J connectivity index is 0.000000339. The molecule has 3 N–H and O–H groups in total. The molecule has 1 unspecified atom stereocenters. The number of para-hydroxylation sites is 1. The van der Waals surface area contributed by atoms with Crippen molar-refractivity contribution in [3.8, 4) is 11.3 Å². The van der Waals surface area contributed by atoms with Crippen LogP contribution in [-0.2, 0) is 4.79 Å². The van der Waals surface area contributed by atoms with Gasteiger partial charge in [-0.05, 0) is 30.2 Å². The zero-order valence-electron chi connectivity index (χ0n) is 16.0. The Morgan fingerprint density at radius 3 is 2.52 bits per heavy atom. The summed E-state index contributed by atoms with van der Waals surface area (Å²) in [5, 5.41) is 9.11. The van der Waals surface area contributed by atoms with Crippen LogP contribution in [0.3, 0.4) is 0 Å². The molecule has 0 spiro atoms. The standard InChI is InChI=1S/C19H17N3OS.C2HF3O2/c20-16-8-9-22(18-7-2-1-6-15(16)18)19(23)14-5-3-4-13(10-14)17-11-24-12-21-17;3-2(4,5)1(6)7/h1-7,10-12,16H,8-9,20H2;(H,6,7). The second-order valence-electron chi connectivity index (χ2n) is 6.67. The number of nitrogens with two attached hydrogens (primary N) is 1. The minimum absolute atomic E-state index is 0.00595. The molecule has 0 bridgehead atoms. The van der Waals surface area contributed by atoms with Crippen molar-refractivity contribution >= 4 is 28.9 Å². The number of amides is 1. The third-order valence-corrected chi connectivity index (χ3v) is 5.20. The molecule has 0 aliphatic carbocycles. The van der Waals surface area contributed by atoms with Crippen LogP contribution in [0, 0.1) is 0 Å². The Labute approximate surface area is 179 Å². The Morgan fingerprint density at radius 2 is 1.87 bits per heavy atom. The molecule has 3 aromatic rings. The Hall–Kier alpha value is -3.24. The molecule has 0 saturated carbocycles. The number of hydrogen-bond acceptors (Lipinski definition) is 5. The fraction of sp³-hybridized carbons (Fsp3) is 0.190. The first-order chi connectivity index (χ1) is 14.7. The highest BCUT2D eigenvalue weighted by Crippen LogP contribution is 2.33. The van der Waals surface area contributed by atoms with Gasteiger partial charge < -0.3 is 15.7 Å². The number of aliphatic carboxylic acids is 1. The number of carbonyl (C=O) groups is 2. The average molecular weight is 449 g/mol. The molecule has 162 valence electrons. The van der Waals surface area contributed by atoms with Crippen LogP contribution in [0.5, 0.6) is 0 Å². The van der Waals surface area contributed by atoms with Gasteiger partial charge in [0.05, 0.1) is 11.2 Å². The highest BCUT2D eigenvalue weighted by molar-refractivity contribution is 7.07. The number of anilines is 1. The van der Waals surface area contributed by atoms with Gasteiger partial charge in [-0.15, -0.1) is 11.3 Å². The van der Waals surface area contributed by atoms with Gasteiger partial charge in [0, 0.05) is 34.8 Å². The summed E-state index contributed by atoms with van der Waals surface area (Å²) in [4.78, 5) is 28.1. The van der Waals surface area contributed by atoms with Crippen molar-refractivity contribution in [3.05, 3.63) is 70.5 Å². The minimum Gasteiger partial charge on any atom is -0.475 e. The van der Waals surface area contributed by atoms with E-state index in [4.69, 9.17) is 15.6 Å². The molecule has 4 rings (SSSR count). The van der Waals surface area contributed by atoms with Crippen molar-refractivity contribution < 1.29 is 27.9 Å². The number of benzene rings is 2. The molecule has 1 amide bonds. The van der Waals surface area contributed by atoms with Crippen LogP contribution in [0.4, 0.5) is 18.9 Å². The van der Waals surface area contributed by atoms with Gasteiger partial charge in [0.1, 0.15) is 0 Å². The summed E-state index contributed by atoms with van der Waals surface area (Å²) in [5.74, 6) is -2.75. The molecule has 2 heterocycles. The highest BCUT2D eigenvalue weighted by atomic mass is 32.1. The van der Waals surface area contributed by atoms with E-state index in [0.29, 0.717) is 12.1 Å². The predicted molar refractivity (Wildman–Crippen MR) is 111 cm³/mol. The number of hydrogen-bond donors (Lipinski definition) is 2. The summed E-state index contributed by atoms with van der Waals surface area (Å²) in [6, 6.07) is 15.5. The van der Waals surface area contributed by atoms with E-state index in [9.17, 15) is 18.0 Å². The van der Waals surface area contributed by atoms with Gasteiger partial charge in [-0.2, -0.15) is 13.2 Å². The first-order valence-electron chi connectivity index (χ1n) is 9.13. The van der Waals surface area contributed by atoms with E-state index < -0.39 is 12.1 Å². The first kappa shape index (κ1) is 22.4. The molecule has 6 nitrogen and oxygen atoms in total. The van der Waals surface area contributed by atoms with Crippen molar-refractivity contribution in [1.29, 1.82) is 0 Å². The van der Waals surface area contributed by atoms with E-state index in [1.807, 2.05) is 58.8 Å². The number of thiazole rings is 1.